The number of nitrogens with zero attached hydrogens (tertiary/aromatic N) is 1. The second kappa shape index (κ2) is 5.55. The number of quaternary nitrogens is 1. The Bertz CT molecular complexity index is 152. The van der Waals surface area contributed by atoms with Crippen LogP contribution in [0.3, 0.4) is 0 Å². The predicted molar refractivity (Wildman–Crippen MR) is 59.6 cm³/mol. The lowest BCUT2D eigenvalue weighted by Crippen LogP contribution is -2.48. The summed E-state index contributed by atoms with van der Waals surface area (Å²) in [4.78, 5) is 0. The van der Waals surface area contributed by atoms with Crippen molar-refractivity contribution in [1.29, 1.82) is 0 Å². The highest BCUT2D eigenvalue weighted by Gasteiger charge is 2.22. The van der Waals surface area contributed by atoms with E-state index in [0.717, 1.165) is 22.8 Å². The minimum absolute atomic E-state index is 0.486. The van der Waals surface area contributed by atoms with Crippen LogP contribution in [0.15, 0.2) is 25.3 Å². The Morgan fingerprint density at radius 2 is 2.00 bits per heavy atom. The topological polar surface area (TPSA) is 0 Å². The highest BCUT2D eigenvalue weighted by atomic mass is 79.9. The summed E-state index contributed by atoms with van der Waals surface area (Å²) in [6.07, 6.45) is 4.98. The summed E-state index contributed by atoms with van der Waals surface area (Å²) in [5.74, 6) is 0. The van der Waals surface area contributed by atoms with Gasteiger partial charge in [-0.05, 0) is 6.08 Å². The van der Waals surface area contributed by atoms with E-state index < -0.39 is 0 Å². The van der Waals surface area contributed by atoms with Gasteiger partial charge in [0.25, 0.3) is 0 Å². The number of likely N-dealkylation sites (N-methyl/N-ethyl adjacent to an activating group) is 1. The summed E-state index contributed by atoms with van der Waals surface area (Å²) in [6.45, 7) is 8.72. The standard InChI is InChI=1S/C10H19BrN/c1-5-7-10(6-2)12(3,4)9-8-11/h5-6,10H,1-2,7-9H2,3-4H3/q+1/t10-/m0/s1. The van der Waals surface area contributed by atoms with Crippen LogP contribution >= 0.6 is 15.9 Å². The Labute approximate surface area is 84.5 Å². The van der Waals surface area contributed by atoms with Gasteiger partial charge in [0.15, 0.2) is 0 Å². The van der Waals surface area contributed by atoms with Crippen molar-refractivity contribution in [2.75, 3.05) is 26.0 Å². The maximum absolute atomic E-state index is 3.85. The third-order valence-electron chi connectivity index (χ3n) is 2.24. The van der Waals surface area contributed by atoms with Crippen molar-refractivity contribution in [3.8, 4) is 0 Å². The van der Waals surface area contributed by atoms with Gasteiger partial charge in [-0.3, -0.25) is 0 Å². The van der Waals surface area contributed by atoms with E-state index in [0.29, 0.717) is 6.04 Å². The Hall–Kier alpha value is -0.0800. The zero-order chi connectivity index (χ0) is 9.61. The normalized spacial score (nSPS) is 13.9. The summed E-state index contributed by atoms with van der Waals surface area (Å²) < 4.78 is 0.973. The number of alkyl halides is 1. The third-order valence-corrected chi connectivity index (χ3v) is 2.59. The SMILES string of the molecule is C=CC[C@H](C=C)[N+](C)(C)CCBr. The molecule has 0 aromatic heterocycles. The van der Waals surface area contributed by atoms with Crippen LogP contribution in [0.5, 0.6) is 0 Å². The minimum atomic E-state index is 0.486. The van der Waals surface area contributed by atoms with Crippen LogP contribution in [0.1, 0.15) is 6.42 Å². The lowest BCUT2D eigenvalue weighted by molar-refractivity contribution is -0.905. The van der Waals surface area contributed by atoms with Gasteiger partial charge in [-0.1, -0.05) is 28.6 Å². The van der Waals surface area contributed by atoms with E-state index in [9.17, 15) is 0 Å². The van der Waals surface area contributed by atoms with E-state index in [-0.39, 0.29) is 0 Å². The van der Waals surface area contributed by atoms with Crippen molar-refractivity contribution in [3.63, 3.8) is 0 Å². The Morgan fingerprint density at radius 3 is 2.33 bits per heavy atom. The van der Waals surface area contributed by atoms with Gasteiger partial charge >= 0.3 is 0 Å². The maximum atomic E-state index is 3.85. The first kappa shape index (κ1) is 11.9. The molecule has 1 nitrogen and oxygen atoms in total. The first-order valence-corrected chi connectivity index (χ1v) is 5.32. The van der Waals surface area contributed by atoms with Crippen molar-refractivity contribution in [2.24, 2.45) is 0 Å². The maximum Gasteiger partial charge on any atom is 0.110 e. The van der Waals surface area contributed by atoms with Crippen molar-refractivity contribution in [3.05, 3.63) is 25.3 Å². The van der Waals surface area contributed by atoms with E-state index in [1.54, 1.807) is 0 Å². The molecule has 0 heterocycles. The molecule has 0 amide bonds. The molecule has 0 spiro atoms. The molecule has 0 saturated carbocycles. The van der Waals surface area contributed by atoms with Gasteiger partial charge in [0.05, 0.1) is 26.0 Å². The smallest absolute Gasteiger partial charge is 0.110 e. The van der Waals surface area contributed by atoms with Gasteiger partial charge in [0, 0.05) is 6.42 Å². The Kier molecular flexibility index (Phi) is 5.51. The van der Waals surface area contributed by atoms with Gasteiger partial charge < -0.3 is 4.48 Å². The molecule has 0 aliphatic heterocycles. The van der Waals surface area contributed by atoms with Crippen LogP contribution in [0.4, 0.5) is 0 Å². The molecule has 0 unspecified atom stereocenters. The molecule has 0 aromatic rings. The summed E-state index contributed by atoms with van der Waals surface area (Å²) in [7, 11) is 4.44. The van der Waals surface area contributed by atoms with E-state index in [1.807, 2.05) is 12.2 Å². The van der Waals surface area contributed by atoms with Crippen molar-refractivity contribution in [2.45, 2.75) is 12.5 Å². The molecule has 0 aliphatic rings. The number of rotatable bonds is 6. The number of halogens is 1. The van der Waals surface area contributed by atoms with Crippen molar-refractivity contribution >= 4 is 15.9 Å². The highest BCUT2D eigenvalue weighted by molar-refractivity contribution is 9.09. The summed E-state index contributed by atoms with van der Waals surface area (Å²) >= 11 is 3.46. The second-order valence-corrected chi connectivity index (χ2v) is 4.31. The highest BCUT2D eigenvalue weighted by Crippen LogP contribution is 2.12. The molecule has 0 radical (unpaired) electrons. The molecule has 1 atom stereocenters. The lowest BCUT2D eigenvalue weighted by atomic mass is 10.1. The monoisotopic (exact) mass is 232 g/mol. The molecule has 12 heavy (non-hydrogen) atoms. The van der Waals surface area contributed by atoms with Gasteiger partial charge in [-0.25, -0.2) is 0 Å². The van der Waals surface area contributed by atoms with Gasteiger partial charge in [0.1, 0.15) is 6.04 Å². The Balaban J connectivity index is 4.23. The average Bonchev–Trinajstić information content (AvgIpc) is 1.99. The van der Waals surface area contributed by atoms with E-state index in [1.165, 1.54) is 0 Å². The van der Waals surface area contributed by atoms with Crippen LogP contribution in [0.25, 0.3) is 0 Å². The molecule has 0 saturated heterocycles. The molecule has 70 valence electrons. The zero-order valence-corrected chi connectivity index (χ0v) is 9.68. The van der Waals surface area contributed by atoms with Gasteiger partial charge in [-0.15, -0.1) is 6.58 Å². The fourth-order valence-electron chi connectivity index (χ4n) is 1.22. The average molecular weight is 233 g/mol. The van der Waals surface area contributed by atoms with E-state index in [4.69, 9.17) is 0 Å². The molecule has 0 aliphatic carbocycles. The molecular weight excluding hydrogens is 214 g/mol. The molecule has 2 heteroatoms. The predicted octanol–water partition coefficient (Wildman–Crippen LogP) is 2.59. The molecule has 0 aromatic carbocycles. The zero-order valence-electron chi connectivity index (χ0n) is 8.09. The molecule has 0 fully saturated rings. The second-order valence-electron chi connectivity index (χ2n) is 3.52. The largest absolute Gasteiger partial charge is 0.322 e. The molecule has 0 bridgehead atoms. The van der Waals surface area contributed by atoms with Gasteiger partial charge in [-0.2, -0.15) is 0 Å². The third kappa shape index (κ3) is 3.55. The van der Waals surface area contributed by atoms with Crippen LogP contribution in [-0.4, -0.2) is 36.5 Å². The molecular formula is C10H19BrN+. The van der Waals surface area contributed by atoms with Crippen LogP contribution < -0.4 is 0 Å². The van der Waals surface area contributed by atoms with Crippen molar-refractivity contribution < 1.29 is 4.48 Å². The fraction of sp³-hybridized carbons (Fsp3) is 0.600. The van der Waals surface area contributed by atoms with Crippen LogP contribution in [0, 0.1) is 0 Å². The minimum Gasteiger partial charge on any atom is -0.322 e. The summed E-state index contributed by atoms with van der Waals surface area (Å²) in [5, 5.41) is 1.03. The quantitative estimate of drug-likeness (QED) is 0.376. The van der Waals surface area contributed by atoms with E-state index >= 15 is 0 Å². The van der Waals surface area contributed by atoms with Crippen LogP contribution in [0.2, 0.25) is 0 Å². The number of hydrogen-bond acceptors (Lipinski definition) is 0. The molecule has 0 rings (SSSR count). The van der Waals surface area contributed by atoms with Gasteiger partial charge in [0.2, 0.25) is 0 Å². The van der Waals surface area contributed by atoms with E-state index in [2.05, 4.69) is 43.2 Å². The van der Waals surface area contributed by atoms with Crippen molar-refractivity contribution in [1.82, 2.24) is 0 Å². The van der Waals surface area contributed by atoms with Crippen LogP contribution in [-0.2, 0) is 0 Å². The first-order chi connectivity index (χ1) is 5.58. The fourth-order valence-corrected chi connectivity index (χ4v) is 2.14. The molecule has 0 N–H and O–H groups in total. The lowest BCUT2D eigenvalue weighted by Gasteiger charge is -2.35. The summed E-state index contributed by atoms with van der Waals surface area (Å²) in [5.41, 5.74) is 0. The number of hydrogen-bond donors (Lipinski definition) is 0. The Morgan fingerprint density at radius 1 is 1.42 bits per heavy atom. The first-order valence-electron chi connectivity index (χ1n) is 4.20. The summed E-state index contributed by atoms with van der Waals surface area (Å²) in [6, 6.07) is 0.486.